The Morgan fingerprint density at radius 2 is 2.11 bits per heavy atom. The van der Waals surface area contributed by atoms with Gasteiger partial charge < -0.3 is 15.5 Å². The van der Waals surface area contributed by atoms with Crippen molar-refractivity contribution < 1.29 is 9.59 Å². The van der Waals surface area contributed by atoms with E-state index in [9.17, 15) is 9.59 Å². The second-order valence-electron chi connectivity index (χ2n) is 7.09. The summed E-state index contributed by atoms with van der Waals surface area (Å²) in [6.07, 6.45) is 1.48. The first kappa shape index (κ1) is 20.9. The third kappa shape index (κ3) is 4.96. The van der Waals surface area contributed by atoms with Gasteiger partial charge in [0, 0.05) is 24.2 Å². The first-order chi connectivity index (χ1) is 13.3. The Labute approximate surface area is 178 Å². The zero-order valence-corrected chi connectivity index (χ0v) is 18.0. The van der Waals surface area contributed by atoms with Crippen LogP contribution in [-0.4, -0.2) is 40.8 Å². The van der Waals surface area contributed by atoms with E-state index in [0.29, 0.717) is 46.3 Å². The minimum Gasteiger partial charge on any atom is -0.354 e. The number of nitrogens with one attached hydrogen (secondary N) is 2. The Balaban J connectivity index is 1.67. The maximum atomic E-state index is 12.9. The van der Waals surface area contributed by atoms with Crippen molar-refractivity contribution in [2.75, 3.05) is 18.4 Å². The van der Waals surface area contributed by atoms with Crippen LogP contribution in [0, 0.1) is 5.92 Å². The molecule has 0 bridgehead atoms. The zero-order chi connectivity index (χ0) is 20.3. The monoisotopic (exact) mass is 440 g/mol. The van der Waals surface area contributed by atoms with Crippen molar-refractivity contribution in [3.05, 3.63) is 39.3 Å². The second-order valence-corrected chi connectivity index (χ2v) is 8.76. The van der Waals surface area contributed by atoms with Crippen LogP contribution in [0.3, 0.4) is 0 Å². The molecule has 1 atom stereocenters. The van der Waals surface area contributed by atoms with Crippen LogP contribution in [0.4, 0.5) is 10.8 Å². The summed E-state index contributed by atoms with van der Waals surface area (Å²) < 4.78 is 0. The van der Waals surface area contributed by atoms with E-state index >= 15 is 0 Å². The lowest BCUT2D eigenvalue weighted by molar-refractivity contribution is -0.125. The highest BCUT2D eigenvalue weighted by molar-refractivity contribution is 7.14. The van der Waals surface area contributed by atoms with Crippen LogP contribution in [0.15, 0.2) is 23.6 Å². The molecule has 28 heavy (non-hydrogen) atoms. The highest BCUT2D eigenvalue weighted by Gasteiger charge is 2.35. The molecule has 6 nitrogen and oxygen atoms in total. The summed E-state index contributed by atoms with van der Waals surface area (Å²) in [5.74, 6) is 0.0487. The molecule has 9 heteroatoms. The van der Waals surface area contributed by atoms with Gasteiger partial charge in [-0.05, 0) is 37.0 Å². The zero-order valence-electron chi connectivity index (χ0n) is 15.7. The number of benzene rings is 1. The number of halogens is 2. The number of carbonyl (C=O) groups is 2. The lowest BCUT2D eigenvalue weighted by Crippen LogP contribution is -2.46. The third-order valence-corrected chi connectivity index (χ3v) is 5.89. The summed E-state index contributed by atoms with van der Waals surface area (Å²) in [6, 6.07) is 4.74. The Kier molecular flexibility index (Phi) is 6.80. The average molecular weight is 441 g/mol. The van der Waals surface area contributed by atoms with Crippen molar-refractivity contribution in [2.45, 2.75) is 32.7 Å². The molecule has 2 heterocycles. The van der Waals surface area contributed by atoms with Gasteiger partial charge in [0.15, 0.2) is 5.13 Å². The van der Waals surface area contributed by atoms with Gasteiger partial charge in [0.05, 0.1) is 10.0 Å². The molecular formula is C19H22Cl2N4O2S. The van der Waals surface area contributed by atoms with Crippen molar-refractivity contribution >= 4 is 57.2 Å². The normalized spacial score (nSPS) is 16.5. The minimum atomic E-state index is -0.431. The smallest absolute Gasteiger partial charge is 0.274 e. The molecule has 0 radical (unpaired) electrons. The summed E-state index contributed by atoms with van der Waals surface area (Å²) in [6.45, 7) is 5.24. The van der Waals surface area contributed by atoms with Crippen LogP contribution >= 0.6 is 34.5 Å². The van der Waals surface area contributed by atoms with Crippen molar-refractivity contribution in [1.82, 2.24) is 15.2 Å². The molecule has 2 amide bonds. The van der Waals surface area contributed by atoms with Gasteiger partial charge in [-0.2, -0.15) is 0 Å². The summed E-state index contributed by atoms with van der Waals surface area (Å²) in [5.41, 5.74) is 1.06. The van der Waals surface area contributed by atoms with Crippen LogP contribution in [0.1, 0.15) is 37.2 Å². The predicted octanol–water partition coefficient (Wildman–Crippen LogP) is 4.57. The van der Waals surface area contributed by atoms with Gasteiger partial charge in [0.1, 0.15) is 11.7 Å². The number of amides is 2. The molecule has 0 spiro atoms. The minimum absolute atomic E-state index is 0.0936. The van der Waals surface area contributed by atoms with E-state index < -0.39 is 6.04 Å². The van der Waals surface area contributed by atoms with E-state index in [-0.39, 0.29) is 11.8 Å². The number of likely N-dealkylation sites (tertiary alicyclic amines) is 1. The van der Waals surface area contributed by atoms with Crippen LogP contribution in [0.2, 0.25) is 10.0 Å². The van der Waals surface area contributed by atoms with E-state index in [0.717, 1.165) is 12.1 Å². The van der Waals surface area contributed by atoms with Crippen molar-refractivity contribution in [2.24, 2.45) is 5.92 Å². The molecule has 3 rings (SSSR count). The molecule has 0 aliphatic carbocycles. The van der Waals surface area contributed by atoms with Crippen molar-refractivity contribution in [3.8, 4) is 0 Å². The van der Waals surface area contributed by atoms with Gasteiger partial charge in [0.25, 0.3) is 5.91 Å². The fraction of sp³-hybridized carbons (Fsp3) is 0.421. The SMILES string of the molecule is CC(C)CNC(=O)[C@@H]1CCCN1C(=O)c1csc(Nc2ccc(Cl)c(Cl)c2)n1. The number of anilines is 2. The van der Waals surface area contributed by atoms with E-state index in [2.05, 4.69) is 15.6 Å². The van der Waals surface area contributed by atoms with Gasteiger partial charge >= 0.3 is 0 Å². The van der Waals surface area contributed by atoms with Gasteiger partial charge in [0.2, 0.25) is 5.91 Å². The number of carbonyl (C=O) groups excluding carboxylic acids is 2. The second kappa shape index (κ2) is 9.11. The summed E-state index contributed by atoms with van der Waals surface area (Å²) in [4.78, 5) is 31.3. The fourth-order valence-electron chi connectivity index (χ4n) is 2.98. The van der Waals surface area contributed by atoms with Crippen LogP contribution < -0.4 is 10.6 Å². The number of nitrogens with zero attached hydrogens (tertiary/aromatic N) is 2. The Morgan fingerprint density at radius 1 is 1.32 bits per heavy atom. The molecule has 1 aromatic carbocycles. The van der Waals surface area contributed by atoms with E-state index in [1.807, 2.05) is 13.8 Å². The average Bonchev–Trinajstić information content (AvgIpc) is 3.32. The molecule has 0 saturated carbocycles. The molecule has 1 aliphatic heterocycles. The number of hydrogen-bond donors (Lipinski definition) is 2. The van der Waals surface area contributed by atoms with E-state index in [4.69, 9.17) is 23.2 Å². The Morgan fingerprint density at radius 3 is 2.82 bits per heavy atom. The Bertz CT molecular complexity index is 871. The number of thiazole rings is 1. The molecule has 1 aliphatic rings. The largest absolute Gasteiger partial charge is 0.354 e. The van der Waals surface area contributed by atoms with Gasteiger partial charge in [-0.1, -0.05) is 37.0 Å². The lowest BCUT2D eigenvalue weighted by Gasteiger charge is -2.23. The molecule has 1 aromatic heterocycles. The molecule has 0 unspecified atom stereocenters. The molecule has 2 N–H and O–H groups in total. The maximum Gasteiger partial charge on any atom is 0.274 e. The first-order valence-corrected chi connectivity index (χ1v) is 10.7. The van der Waals surface area contributed by atoms with Crippen molar-refractivity contribution in [1.29, 1.82) is 0 Å². The molecule has 150 valence electrons. The lowest BCUT2D eigenvalue weighted by atomic mass is 10.1. The van der Waals surface area contributed by atoms with Crippen LogP contribution in [0.25, 0.3) is 0 Å². The maximum absolute atomic E-state index is 12.9. The topological polar surface area (TPSA) is 74.3 Å². The number of aromatic nitrogens is 1. The highest BCUT2D eigenvalue weighted by atomic mass is 35.5. The number of hydrogen-bond acceptors (Lipinski definition) is 5. The van der Waals surface area contributed by atoms with Crippen molar-refractivity contribution in [3.63, 3.8) is 0 Å². The fourth-order valence-corrected chi connectivity index (χ4v) is 3.98. The third-order valence-electron chi connectivity index (χ3n) is 4.40. The summed E-state index contributed by atoms with van der Waals surface area (Å²) >= 11 is 13.3. The van der Waals surface area contributed by atoms with E-state index in [1.165, 1.54) is 11.3 Å². The highest BCUT2D eigenvalue weighted by Crippen LogP contribution is 2.29. The standard InChI is InChI=1S/C19H22Cl2N4O2S/c1-11(2)9-22-17(26)16-4-3-7-25(16)18(27)15-10-28-19(24-15)23-12-5-6-13(20)14(21)8-12/h5-6,8,10-11,16H,3-4,7,9H2,1-2H3,(H,22,26)(H,23,24)/t16-/m0/s1. The van der Waals surface area contributed by atoms with Gasteiger partial charge in [-0.3, -0.25) is 9.59 Å². The molecular weight excluding hydrogens is 419 g/mol. The summed E-state index contributed by atoms with van der Waals surface area (Å²) in [5, 5.41) is 9.22. The number of rotatable bonds is 6. The molecule has 1 saturated heterocycles. The van der Waals surface area contributed by atoms with Gasteiger partial charge in [-0.25, -0.2) is 4.98 Å². The molecule has 2 aromatic rings. The predicted molar refractivity (Wildman–Crippen MR) is 114 cm³/mol. The van der Waals surface area contributed by atoms with E-state index in [1.54, 1.807) is 28.5 Å². The van der Waals surface area contributed by atoms with Crippen LogP contribution in [0.5, 0.6) is 0 Å². The molecule has 1 fully saturated rings. The quantitative estimate of drug-likeness (QED) is 0.689. The Hall–Kier alpha value is -1.83. The summed E-state index contributed by atoms with van der Waals surface area (Å²) in [7, 11) is 0. The van der Waals surface area contributed by atoms with Gasteiger partial charge in [-0.15, -0.1) is 11.3 Å². The first-order valence-electron chi connectivity index (χ1n) is 9.11. The van der Waals surface area contributed by atoms with Crippen LogP contribution in [-0.2, 0) is 4.79 Å².